The molecule has 28 heavy (non-hydrogen) atoms. The van der Waals surface area contributed by atoms with Crippen LogP contribution in [0.1, 0.15) is 25.0 Å². The predicted octanol–water partition coefficient (Wildman–Crippen LogP) is 3.69. The highest BCUT2D eigenvalue weighted by molar-refractivity contribution is 7.91. The summed E-state index contributed by atoms with van der Waals surface area (Å²) in [5.74, 6) is -3.66. The van der Waals surface area contributed by atoms with Gasteiger partial charge in [0.15, 0.2) is 9.84 Å². The van der Waals surface area contributed by atoms with Crippen LogP contribution in [-0.2, 0) is 22.6 Å². The topological polar surface area (TPSA) is 69.0 Å². The van der Waals surface area contributed by atoms with Crippen LogP contribution in [0.3, 0.4) is 0 Å². The van der Waals surface area contributed by atoms with Gasteiger partial charge in [0, 0.05) is 18.1 Å². The van der Waals surface area contributed by atoms with Crippen LogP contribution in [0.5, 0.6) is 0 Å². The van der Waals surface area contributed by atoms with Crippen molar-refractivity contribution in [1.82, 2.24) is 9.55 Å². The van der Waals surface area contributed by atoms with Crippen LogP contribution in [-0.4, -0.2) is 29.6 Å². The third-order valence-corrected chi connectivity index (χ3v) is 5.76. The molecule has 1 heterocycles. The van der Waals surface area contributed by atoms with Crippen LogP contribution in [0, 0.1) is 6.92 Å². The molecular formula is C17H17F5N2O3S. The van der Waals surface area contributed by atoms with Crippen molar-refractivity contribution in [2.45, 2.75) is 44.3 Å². The molecule has 5 nitrogen and oxygen atoms in total. The third-order valence-electron chi connectivity index (χ3n) is 3.99. The van der Waals surface area contributed by atoms with E-state index in [2.05, 4.69) is 4.98 Å². The first-order chi connectivity index (χ1) is 12.7. The SMILES string of the molecule is CCS(=O)(=O)c1cc(C(F)(F)F)ccc1-c1ncn(CC(C)(F)F)c(=O)c1C. The second kappa shape index (κ2) is 7.26. The predicted molar refractivity (Wildman–Crippen MR) is 92.0 cm³/mol. The molecule has 0 amide bonds. The molecule has 2 aromatic rings. The van der Waals surface area contributed by atoms with Gasteiger partial charge >= 0.3 is 6.18 Å². The van der Waals surface area contributed by atoms with Gasteiger partial charge in [0.1, 0.15) is 0 Å². The summed E-state index contributed by atoms with van der Waals surface area (Å²) >= 11 is 0. The minimum atomic E-state index is -4.77. The molecule has 1 aromatic carbocycles. The molecule has 0 bridgehead atoms. The summed E-state index contributed by atoms with van der Waals surface area (Å²) in [6, 6.07) is 2.08. The van der Waals surface area contributed by atoms with Crippen LogP contribution >= 0.6 is 0 Å². The summed E-state index contributed by atoms with van der Waals surface area (Å²) in [5, 5.41) is 0. The fourth-order valence-corrected chi connectivity index (χ4v) is 3.70. The van der Waals surface area contributed by atoms with E-state index in [0.717, 1.165) is 12.4 Å². The summed E-state index contributed by atoms with van der Waals surface area (Å²) in [7, 11) is -4.10. The fraction of sp³-hybridized carbons (Fsp3) is 0.412. The second-order valence-corrected chi connectivity index (χ2v) is 8.58. The fourth-order valence-electron chi connectivity index (χ4n) is 2.58. The number of aromatic nitrogens is 2. The smallest absolute Gasteiger partial charge is 0.293 e. The first-order valence-electron chi connectivity index (χ1n) is 8.05. The lowest BCUT2D eigenvalue weighted by atomic mass is 10.1. The Bertz CT molecular complexity index is 1050. The highest BCUT2D eigenvalue weighted by atomic mass is 32.2. The minimum Gasteiger partial charge on any atom is -0.293 e. The molecule has 0 aliphatic carbocycles. The molecule has 0 unspecified atom stereocenters. The van der Waals surface area contributed by atoms with Gasteiger partial charge in [-0.2, -0.15) is 13.2 Å². The van der Waals surface area contributed by atoms with E-state index < -0.39 is 50.3 Å². The highest BCUT2D eigenvalue weighted by Crippen LogP contribution is 2.35. The Balaban J connectivity index is 2.75. The monoisotopic (exact) mass is 424 g/mol. The maximum absolute atomic E-state index is 13.2. The summed E-state index contributed by atoms with van der Waals surface area (Å²) < 4.78 is 90.8. The summed E-state index contributed by atoms with van der Waals surface area (Å²) in [5.41, 5.74) is -2.54. The van der Waals surface area contributed by atoms with Crippen LogP contribution in [0.15, 0.2) is 34.2 Å². The van der Waals surface area contributed by atoms with Crippen molar-refractivity contribution in [3.63, 3.8) is 0 Å². The van der Waals surface area contributed by atoms with Crippen molar-refractivity contribution in [3.05, 3.63) is 46.0 Å². The van der Waals surface area contributed by atoms with Crippen LogP contribution in [0.2, 0.25) is 0 Å². The van der Waals surface area contributed by atoms with Gasteiger partial charge in [-0.15, -0.1) is 0 Å². The van der Waals surface area contributed by atoms with Gasteiger partial charge < -0.3 is 0 Å². The highest BCUT2D eigenvalue weighted by Gasteiger charge is 2.33. The normalized spacial score (nSPS) is 13.0. The summed E-state index contributed by atoms with van der Waals surface area (Å²) in [6.45, 7) is 2.19. The van der Waals surface area contributed by atoms with Gasteiger partial charge in [0.25, 0.3) is 11.5 Å². The van der Waals surface area contributed by atoms with E-state index in [-0.39, 0.29) is 16.8 Å². The number of hydrogen-bond acceptors (Lipinski definition) is 4. The standard InChI is InChI=1S/C17H17F5N2O3S/c1-4-28(26,27)13-7-11(17(20,21)22)5-6-12(13)14-10(2)15(25)24(9-23-14)8-16(3,18)19/h5-7,9H,4,8H2,1-3H3. The average molecular weight is 424 g/mol. The van der Waals surface area contributed by atoms with Gasteiger partial charge in [-0.25, -0.2) is 22.2 Å². The van der Waals surface area contributed by atoms with Gasteiger partial charge in [-0.3, -0.25) is 9.36 Å². The zero-order valence-corrected chi connectivity index (χ0v) is 16.0. The largest absolute Gasteiger partial charge is 0.416 e. The Morgan fingerprint density at radius 3 is 2.25 bits per heavy atom. The molecule has 0 spiro atoms. The van der Waals surface area contributed by atoms with Gasteiger partial charge in [0.2, 0.25) is 0 Å². The zero-order chi connectivity index (χ0) is 21.5. The van der Waals surface area contributed by atoms with Gasteiger partial charge in [0.05, 0.1) is 34.8 Å². The van der Waals surface area contributed by atoms with E-state index in [1.807, 2.05) is 0 Å². The van der Waals surface area contributed by atoms with Gasteiger partial charge in [-0.05, 0) is 19.1 Å². The van der Waals surface area contributed by atoms with Crippen LogP contribution < -0.4 is 5.56 Å². The number of halogens is 5. The Morgan fingerprint density at radius 2 is 1.75 bits per heavy atom. The molecule has 0 fully saturated rings. The maximum Gasteiger partial charge on any atom is 0.416 e. The van der Waals surface area contributed by atoms with Crippen molar-refractivity contribution in [2.24, 2.45) is 0 Å². The molecule has 2 rings (SSSR count). The number of sulfone groups is 1. The van der Waals surface area contributed by atoms with E-state index in [0.29, 0.717) is 23.6 Å². The Hall–Kier alpha value is -2.30. The second-order valence-electron chi connectivity index (χ2n) is 6.33. The molecule has 0 atom stereocenters. The van der Waals surface area contributed by atoms with Crippen molar-refractivity contribution < 1.29 is 30.4 Å². The quantitative estimate of drug-likeness (QED) is 0.687. The molecular weight excluding hydrogens is 407 g/mol. The molecule has 0 radical (unpaired) electrons. The Morgan fingerprint density at radius 1 is 1.14 bits per heavy atom. The number of hydrogen-bond donors (Lipinski definition) is 0. The molecule has 0 N–H and O–H groups in total. The van der Waals surface area contributed by atoms with Crippen LogP contribution in [0.25, 0.3) is 11.3 Å². The first-order valence-corrected chi connectivity index (χ1v) is 9.71. The van der Waals surface area contributed by atoms with E-state index in [1.54, 1.807) is 0 Å². The minimum absolute atomic E-state index is 0.154. The molecule has 154 valence electrons. The van der Waals surface area contributed by atoms with Crippen molar-refractivity contribution in [3.8, 4) is 11.3 Å². The first kappa shape index (κ1) is 22.0. The molecule has 0 aliphatic heterocycles. The van der Waals surface area contributed by atoms with E-state index in [4.69, 9.17) is 0 Å². The zero-order valence-electron chi connectivity index (χ0n) is 15.1. The maximum atomic E-state index is 13.2. The third kappa shape index (κ3) is 4.57. The Kier molecular flexibility index (Phi) is 5.71. The molecule has 0 aliphatic rings. The van der Waals surface area contributed by atoms with E-state index >= 15 is 0 Å². The van der Waals surface area contributed by atoms with Crippen molar-refractivity contribution in [1.29, 1.82) is 0 Å². The lowest BCUT2D eigenvalue weighted by Gasteiger charge is -2.16. The number of benzene rings is 1. The molecule has 0 saturated heterocycles. The summed E-state index contributed by atoms with van der Waals surface area (Å²) in [6.07, 6.45) is -3.95. The molecule has 1 aromatic heterocycles. The van der Waals surface area contributed by atoms with Gasteiger partial charge in [-0.1, -0.05) is 13.0 Å². The number of rotatable bonds is 5. The lowest BCUT2D eigenvalue weighted by molar-refractivity contribution is -0.137. The summed E-state index contributed by atoms with van der Waals surface area (Å²) in [4.78, 5) is 15.6. The molecule has 0 saturated carbocycles. The van der Waals surface area contributed by atoms with E-state index in [9.17, 15) is 35.2 Å². The number of nitrogens with zero attached hydrogens (tertiary/aromatic N) is 2. The lowest BCUT2D eigenvalue weighted by Crippen LogP contribution is -2.30. The molecule has 11 heteroatoms. The van der Waals surface area contributed by atoms with Crippen LogP contribution in [0.4, 0.5) is 22.0 Å². The number of alkyl halides is 5. The Labute approximate surface area is 157 Å². The average Bonchev–Trinajstić information content (AvgIpc) is 2.57. The van der Waals surface area contributed by atoms with Crippen molar-refractivity contribution >= 4 is 9.84 Å². The van der Waals surface area contributed by atoms with E-state index in [1.165, 1.54) is 13.8 Å². The van der Waals surface area contributed by atoms with Crippen molar-refractivity contribution in [2.75, 3.05) is 5.75 Å².